The molecule has 0 unspecified atom stereocenters. The Labute approximate surface area is 73.4 Å². The van der Waals surface area contributed by atoms with Crippen molar-refractivity contribution in [3.8, 4) is 0 Å². The van der Waals surface area contributed by atoms with Gasteiger partial charge in [0.2, 0.25) is 0 Å². The molecule has 1 amide bonds. The highest BCUT2D eigenvalue weighted by atomic mass is 32.1. The minimum absolute atomic E-state index is 0.0856. The van der Waals surface area contributed by atoms with Gasteiger partial charge in [0.05, 0.1) is 10.6 Å². The molecular weight excluding hydrogens is 176 g/mol. The van der Waals surface area contributed by atoms with E-state index in [9.17, 15) is 9.59 Å². The monoisotopic (exact) mass is 184 g/mol. The number of aryl methyl sites for hydroxylation is 1. The summed E-state index contributed by atoms with van der Waals surface area (Å²) in [4.78, 5) is 25.9. The molecule has 64 valence electrons. The zero-order chi connectivity index (χ0) is 9.30. The van der Waals surface area contributed by atoms with Crippen LogP contribution in [0.1, 0.15) is 32.1 Å². The summed E-state index contributed by atoms with van der Waals surface area (Å²) in [6.07, 6.45) is 0. The van der Waals surface area contributed by atoms with Crippen LogP contribution >= 0.6 is 11.3 Å². The maximum absolute atomic E-state index is 10.9. The van der Waals surface area contributed by atoms with Crippen molar-refractivity contribution < 1.29 is 9.59 Å². The Hall–Kier alpha value is -1.23. The molecule has 0 spiro atoms. The predicted octanol–water partition coefficient (Wildman–Crippen LogP) is 0.753. The van der Waals surface area contributed by atoms with E-state index in [4.69, 9.17) is 5.73 Å². The van der Waals surface area contributed by atoms with Crippen LogP contribution in [-0.4, -0.2) is 16.7 Å². The lowest BCUT2D eigenvalue weighted by Crippen LogP contribution is -2.10. The first-order chi connectivity index (χ1) is 5.52. The summed E-state index contributed by atoms with van der Waals surface area (Å²) in [7, 11) is 0. The molecular formula is C7H8N2O2S. The molecule has 0 aliphatic heterocycles. The number of Topliss-reactive ketones (excluding diaryl/α,β-unsaturated/α-hetero) is 1. The van der Waals surface area contributed by atoms with Crippen molar-refractivity contribution >= 4 is 23.0 Å². The number of nitrogens with zero attached hydrogens (tertiary/aromatic N) is 1. The van der Waals surface area contributed by atoms with E-state index >= 15 is 0 Å². The summed E-state index contributed by atoms with van der Waals surface area (Å²) in [5.74, 6) is -0.673. The fraction of sp³-hybridized carbons (Fsp3) is 0.286. The highest BCUT2D eigenvalue weighted by molar-refractivity contribution is 7.15. The van der Waals surface area contributed by atoms with E-state index in [0.29, 0.717) is 10.6 Å². The fourth-order valence-electron chi connectivity index (χ4n) is 0.828. The Bertz CT molecular complexity index is 343. The number of hydrogen-bond acceptors (Lipinski definition) is 4. The number of nitrogens with two attached hydrogens (primary N) is 1. The van der Waals surface area contributed by atoms with E-state index < -0.39 is 5.91 Å². The van der Waals surface area contributed by atoms with Gasteiger partial charge in [-0.25, -0.2) is 4.98 Å². The molecule has 0 radical (unpaired) electrons. The standard InChI is InChI=1S/C7H8N2O2S/c1-3-5(4(2)10)12-7(9-3)6(8)11/h1-2H3,(H2,8,11). The predicted molar refractivity (Wildman–Crippen MR) is 45.4 cm³/mol. The zero-order valence-corrected chi connectivity index (χ0v) is 7.57. The number of carbonyl (C=O) groups excluding carboxylic acids is 2. The van der Waals surface area contributed by atoms with E-state index in [1.807, 2.05) is 0 Å². The van der Waals surface area contributed by atoms with Crippen molar-refractivity contribution in [2.75, 3.05) is 0 Å². The van der Waals surface area contributed by atoms with Crippen LogP contribution in [0.5, 0.6) is 0 Å². The van der Waals surface area contributed by atoms with Crippen LogP contribution in [0.2, 0.25) is 0 Å². The average Bonchev–Trinajstić information content (AvgIpc) is 2.30. The number of aromatic nitrogens is 1. The smallest absolute Gasteiger partial charge is 0.277 e. The van der Waals surface area contributed by atoms with Gasteiger partial charge in [0.1, 0.15) is 0 Å². The number of amides is 1. The molecule has 1 aromatic heterocycles. The second-order valence-electron chi connectivity index (χ2n) is 2.35. The minimum atomic E-state index is -0.587. The Morgan fingerprint density at radius 1 is 1.50 bits per heavy atom. The van der Waals surface area contributed by atoms with Gasteiger partial charge >= 0.3 is 0 Å². The van der Waals surface area contributed by atoms with Crippen molar-refractivity contribution in [1.29, 1.82) is 0 Å². The van der Waals surface area contributed by atoms with Crippen molar-refractivity contribution in [2.24, 2.45) is 5.73 Å². The molecule has 0 aliphatic rings. The Morgan fingerprint density at radius 2 is 2.08 bits per heavy atom. The lowest BCUT2D eigenvalue weighted by Gasteiger charge is -1.85. The Kier molecular flexibility index (Phi) is 2.23. The molecule has 0 bridgehead atoms. The lowest BCUT2D eigenvalue weighted by atomic mass is 10.3. The first-order valence-electron chi connectivity index (χ1n) is 3.30. The fourth-order valence-corrected chi connectivity index (χ4v) is 1.64. The van der Waals surface area contributed by atoms with Gasteiger partial charge in [0.25, 0.3) is 5.91 Å². The molecule has 5 heteroatoms. The number of carbonyl (C=O) groups is 2. The van der Waals surface area contributed by atoms with Crippen LogP contribution in [0.15, 0.2) is 0 Å². The molecule has 4 nitrogen and oxygen atoms in total. The molecule has 0 aromatic carbocycles. The van der Waals surface area contributed by atoms with Gasteiger partial charge in [-0.15, -0.1) is 11.3 Å². The minimum Gasteiger partial charge on any atom is -0.364 e. The molecule has 1 heterocycles. The summed E-state index contributed by atoms with van der Waals surface area (Å²) in [5.41, 5.74) is 5.56. The molecule has 1 aromatic rings. The van der Waals surface area contributed by atoms with E-state index in [1.54, 1.807) is 6.92 Å². The normalized spacial score (nSPS) is 9.83. The molecule has 0 saturated carbocycles. The van der Waals surface area contributed by atoms with Crippen molar-refractivity contribution in [3.63, 3.8) is 0 Å². The number of ketones is 1. The van der Waals surface area contributed by atoms with Crippen molar-refractivity contribution in [1.82, 2.24) is 4.98 Å². The highest BCUT2D eigenvalue weighted by Crippen LogP contribution is 2.17. The number of rotatable bonds is 2. The first kappa shape index (κ1) is 8.86. The van der Waals surface area contributed by atoms with Gasteiger partial charge in [-0.1, -0.05) is 0 Å². The van der Waals surface area contributed by atoms with Crippen molar-refractivity contribution in [2.45, 2.75) is 13.8 Å². The molecule has 0 aliphatic carbocycles. The Morgan fingerprint density at radius 3 is 2.33 bits per heavy atom. The summed E-state index contributed by atoms with van der Waals surface area (Å²) < 4.78 is 0. The van der Waals surface area contributed by atoms with Crippen LogP contribution in [0.25, 0.3) is 0 Å². The van der Waals surface area contributed by atoms with Gasteiger partial charge in [0, 0.05) is 6.92 Å². The van der Waals surface area contributed by atoms with E-state index in [2.05, 4.69) is 4.98 Å². The quantitative estimate of drug-likeness (QED) is 0.689. The molecule has 2 N–H and O–H groups in total. The second kappa shape index (κ2) is 3.02. The number of hydrogen-bond donors (Lipinski definition) is 1. The molecule has 0 fully saturated rings. The van der Waals surface area contributed by atoms with Gasteiger partial charge in [-0.2, -0.15) is 0 Å². The maximum atomic E-state index is 10.9. The SMILES string of the molecule is CC(=O)c1sc(C(N)=O)nc1C. The zero-order valence-electron chi connectivity index (χ0n) is 6.75. The number of primary amides is 1. The number of thiazole rings is 1. The van der Waals surface area contributed by atoms with Gasteiger partial charge in [0.15, 0.2) is 10.8 Å². The third kappa shape index (κ3) is 1.50. The van der Waals surface area contributed by atoms with Gasteiger partial charge < -0.3 is 5.73 Å². The third-order valence-corrected chi connectivity index (χ3v) is 2.60. The summed E-state index contributed by atoms with van der Waals surface area (Å²) >= 11 is 1.04. The molecule has 1 rings (SSSR count). The highest BCUT2D eigenvalue weighted by Gasteiger charge is 2.13. The molecule has 12 heavy (non-hydrogen) atoms. The lowest BCUT2D eigenvalue weighted by molar-refractivity contribution is 0.0996. The molecule has 0 saturated heterocycles. The Balaban J connectivity index is 3.17. The van der Waals surface area contributed by atoms with E-state index in [-0.39, 0.29) is 10.8 Å². The first-order valence-corrected chi connectivity index (χ1v) is 4.12. The van der Waals surface area contributed by atoms with Gasteiger partial charge in [-0.05, 0) is 6.92 Å². The maximum Gasteiger partial charge on any atom is 0.277 e. The second-order valence-corrected chi connectivity index (χ2v) is 3.35. The average molecular weight is 184 g/mol. The molecule has 0 atom stereocenters. The summed E-state index contributed by atoms with van der Waals surface area (Å²) in [6, 6.07) is 0. The largest absolute Gasteiger partial charge is 0.364 e. The topological polar surface area (TPSA) is 73.1 Å². The van der Waals surface area contributed by atoms with Crippen LogP contribution in [-0.2, 0) is 0 Å². The van der Waals surface area contributed by atoms with Crippen LogP contribution in [0.4, 0.5) is 0 Å². The van der Waals surface area contributed by atoms with Gasteiger partial charge in [-0.3, -0.25) is 9.59 Å². The van der Waals surface area contributed by atoms with E-state index in [0.717, 1.165) is 11.3 Å². The van der Waals surface area contributed by atoms with Crippen LogP contribution < -0.4 is 5.73 Å². The van der Waals surface area contributed by atoms with E-state index in [1.165, 1.54) is 6.92 Å². The van der Waals surface area contributed by atoms with Crippen LogP contribution in [0, 0.1) is 6.92 Å². The van der Waals surface area contributed by atoms with Crippen LogP contribution in [0.3, 0.4) is 0 Å². The summed E-state index contributed by atoms with van der Waals surface area (Å²) in [5, 5.41) is 0.192. The summed E-state index contributed by atoms with van der Waals surface area (Å²) in [6.45, 7) is 3.12. The third-order valence-electron chi connectivity index (χ3n) is 1.33. The van der Waals surface area contributed by atoms with Crippen molar-refractivity contribution in [3.05, 3.63) is 15.6 Å².